The van der Waals surface area contributed by atoms with Gasteiger partial charge < -0.3 is 9.47 Å². The van der Waals surface area contributed by atoms with Crippen LogP contribution in [0.15, 0.2) is 24.3 Å². The van der Waals surface area contributed by atoms with Crippen LogP contribution < -0.4 is 4.74 Å². The van der Waals surface area contributed by atoms with Gasteiger partial charge in [0.1, 0.15) is 11.3 Å². The van der Waals surface area contributed by atoms with Crippen molar-refractivity contribution in [2.45, 2.75) is 42.0 Å². The SMILES string of the molecule is O=C1OC2(CC3SC2C2CCCC32)Oc2ccccc21. The van der Waals surface area contributed by atoms with Crippen LogP contribution in [0.25, 0.3) is 0 Å². The van der Waals surface area contributed by atoms with E-state index in [1.165, 1.54) is 19.3 Å². The number of hydrogen-bond donors (Lipinski definition) is 0. The van der Waals surface area contributed by atoms with E-state index in [2.05, 4.69) is 0 Å². The lowest BCUT2D eigenvalue weighted by atomic mass is 9.78. The molecule has 3 heterocycles. The summed E-state index contributed by atoms with van der Waals surface area (Å²) >= 11 is 2.00. The van der Waals surface area contributed by atoms with Crippen molar-refractivity contribution in [3.8, 4) is 5.75 Å². The number of benzene rings is 1. The summed E-state index contributed by atoms with van der Waals surface area (Å²) in [6.45, 7) is 0. The van der Waals surface area contributed by atoms with Crippen molar-refractivity contribution in [2.75, 3.05) is 0 Å². The van der Waals surface area contributed by atoms with E-state index in [4.69, 9.17) is 9.47 Å². The maximum Gasteiger partial charge on any atom is 0.345 e. The van der Waals surface area contributed by atoms with Crippen molar-refractivity contribution >= 4 is 17.7 Å². The van der Waals surface area contributed by atoms with Gasteiger partial charge >= 0.3 is 5.97 Å². The normalized spacial score (nSPS) is 44.1. The molecule has 5 rings (SSSR count). The van der Waals surface area contributed by atoms with Crippen molar-refractivity contribution in [1.82, 2.24) is 0 Å². The molecule has 104 valence electrons. The van der Waals surface area contributed by atoms with Gasteiger partial charge in [-0.2, -0.15) is 0 Å². The van der Waals surface area contributed by atoms with Crippen LogP contribution in [0, 0.1) is 11.8 Å². The fourth-order valence-electron chi connectivity index (χ4n) is 4.61. The van der Waals surface area contributed by atoms with Crippen molar-refractivity contribution in [2.24, 2.45) is 11.8 Å². The average Bonchev–Trinajstić information content (AvgIpc) is 3.10. The average molecular weight is 288 g/mol. The highest BCUT2D eigenvalue weighted by molar-refractivity contribution is 8.01. The van der Waals surface area contributed by atoms with Crippen LogP contribution in [0.4, 0.5) is 0 Å². The Kier molecular flexibility index (Phi) is 2.14. The van der Waals surface area contributed by atoms with Gasteiger partial charge in [0.05, 0.1) is 5.25 Å². The Morgan fingerprint density at radius 2 is 2.00 bits per heavy atom. The third-order valence-corrected chi connectivity index (χ3v) is 7.25. The Hall–Kier alpha value is -1.16. The molecule has 2 saturated heterocycles. The van der Waals surface area contributed by atoms with Gasteiger partial charge in [-0.1, -0.05) is 18.6 Å². The third-order valence-electron chi connectivity index (χ3n) is 5.39. The van der Waals surface area contributed by atoms with Crippen LogP contribution in [0.2, 0.25) is 0 Å². The molecule has 0 radical (unpaired) electrons. The first-order valence-corrected chi connectivity index (χ1v) is 8.38. The Labute approximate surface area is 122 Å². The summed E-state index contributed by atoms with van der Waals surface area (Å²) in [7, 11) is 0. The Morgan fingerprint density at radius 1 is 1.15 bits per heavy atom. The minimum absolute atomic E-state index is 0.213. The second-order valence-electron chi connectivity index (χ2n) is 6.36. The van der Waals surface area contributed by atoms with Gasteiger partial charge in [0, 0.05) is 11.7 Å². The summed E-state index contributed by atoms with van der Waals surface area (Å²) in [5, 5.41) is 0.947. The van der Waals surface area contributed by atoms with E-state index in [0.717, 1.165) is 12.3 Å². The summed E-state index contributed by atoms with van der Waals surface area (Å²) in [5.41, 5.74) is 0.564. The molecule has 0 amide bonds. The van der Waals surface area contributed by atoms with E-state index >= 15 is 0 Å². The summed E-state index contributed by atoms with van der Waals surface area (Å²) in [6.07, 6.45) is 4.80. The number of thioether (sulfide) groups is 1. The molecule has 4 aliphatic rings. The highest BCUT2D eigenvalue weighted by atomic mass is 32.2. The van der Waals surface area contributed by atoms with E-state index in [1.54, 1.807) is 6.07 Å². The van der Waals surface area contributed by atoms with Crippen molar-refractivity contribution < 1.29 is 14.3 Å². The molecule has 1 saturated carbocycles. The lowest BCUT2D eigenvalue weighted by Gasteiger charge is -2.43. The van der Waals surface area contributed by atoms with Gasteiger partial charge in [-0.05, 0) is 36.8 Å². The number of carbonyl (C=O) groups excluding carboxylic acids is 1. The lowest BCUT2D eigenvalue weighted by molar-refractivity contribution is -0.172. The smallest absolute Gasteiger partial charge is 0.345 e. The predicted molar refractivity (Wildman–Crippen MR) is 75.8 cm³/mol. The molecule has 1 aliphatic carbocycles. The van der Waals surface area contributed by atoms with Crippen LogP contribution in [-0.4, -0.2) is 22.3 Å². The largest absolute Gasteiger partial charge is 0.450 e. The molecule has 2 bridgehead atoms. The predicted octanol–water partition coefficient (Wildman–Crippen LogP) is 3.24. The molecular weight excluding hydrogens is 272 g/mol. The summed E-state index contributed by atoms with van der Waals surface area (Å²) in [4.78, 5) is 12.3. The lowest BCUT2D eigenvalue weighted by Crippen LogP contribution is -2.55. The van der Waals surface area contributed by atoms with Gasteiger partial charge in [-0.3, -0.25) is 0 Å². The van der Waals surface area contributed by atoms with Crippen molar-refractivity contribution in [1.29, 1.82) is 0 Å². The van der Waals surface area contributed by atoms with E-state index in [-0.39, 0.29) is 5.97 Å². The van der Waals surface area contributed by atoms with Crippen LogP contribution in [0.5, 0.6) is 5.75 Å². The van der Waals surface area contributed by atoms with Gasteiger partial charge in [0.15, 0.2) is 0 Å². The zero-order chi connectivity index (χ0) is 13.3. The van der Waals surface area contributed by atoms with Crippen LogP contribution in [0.1, 0.15) is 36.0 Å². The molecule has 20 heavy (non-hydrogen) atoms. The zero-order valence-electron chi connectivity index (χ0n) is 11.1. The molecular formula is C16H16O3S. The third kappa shape index (κ3) is 1.31. The standard InChI is InChI=1S/C16H16O3S/c17-15-11-4-1-2-7-12(11)18-16(19-15)8-13-9-5-3-6-10(9)14(16)20-13/h1-2,4,7,9-10,13-14H,3,5-6,8H2. The molecule has 3 nitrogen and oxygen atoms in total. The minimum atomic E-state index is -0.688. The Balaban J connectivity index is 1.56. The maximum atomic E-state index is 12.3. The highest BCUT2D eigenvalue weighted by Gasteiger charge is 2.66. The van der Waals surface area contributed by atoms with Crippen LogP contribution >= 0.6 is 11.8 Å². The Bertz CT molecular complexity index is 601. The van der Waals surface area contributed by atoms with Crippen molar-refractivity contribution in [3.63, 3.8) is 0 Å². The molecule has 5 unspecified atom stereocenters. The van der Waals surface area contributed by atoms with Gasteiger partial charge in [-0.15, -0.1) is 11.8 Å². The van der Waals surface area contributed by atoms with E-state index < -0.39 is 5.79 Å². The zero-order valence-corrected chi connectivity index (χ0v) is 11.9. The van der Waals surface area contributed by atoms with Gasteiger partial charge in [0.25, 0.3) is 5.79 Å². The first kappa shape index (κ1) is 11.5. The number of carbonyl (C=O) groups is 1. The minimum Gasteiger partial charge on any atom is -0.450 e. The van der Waals surface area contributed by atoms with Gasteiger partial charge in [-0.25, -0.2) is 4.79 Å². The summed E-state index contributed by atoms with van der Waals surface area (Å²) in [5.74, 6) is 1.31. The van der Waals surface area contributed by atoms with Crippen LogP contribution in [0.3, 0.4) is 0 Å². The molecule has 3 fully saturated rings. The summed E-state index contributed by atoms with van der Waals surface area (Å²) in [6, 6.07) is 7.44. The monoisotopic (exact) mass is 288 g/mol. The molecule has 3 aliphatic heterocycles. The number of para-hydroxylation sites is 1. The number of hydrogen-bond acceptors (Lipinski definition) is 4. The van der Waals surface area contributed by atoms with Crippen LogP contribution in [-0.2, 0) is 4.74 Å². The molecule has 0 aromatic heterocycles. The molecule has 1 aromatic carbocycles. The quantitative estimate of drug-likeness (QED) is 0.687. The number of rotatable bonds is 0. The first-order valence-electron chi connectivity index (χ1n) is 7.44. The second-order valence-corrected chi connectivity index (χ2v) is 7.74. The fourth-order valence-corrected chi connectivity index (χ4v) is 6.80. The topological polar surface area (TPSA) is 35.5 Å². The molecule has 4 heteroatoms. The number of ether oxygens (including phenoxy) is 2. The number of fused-ring (bicyclic) bond motifs is 7. The van der Waals surface area contributed by atoms with E-state index in [0.29, 0.717) is 27.7 Å². The highest BCUT2D eigenvalue weighted by Crippen LogP contribution is 2.64. The molecule has 0 N–H and O–H groups in total. The van der Waals surface area contributed by atoms with E-state index in [9.17, 15) is 4.79 Å². The molecule has 5 atom stereocenters. The van der Waals surface area contributed by atoms with Crippen molar-refractivity contribution in [3.05, 3.63) is 29.8 Å². The number of esters is 1. The van der Waals surface area contributed by atoms with Gasteiger partial charge in [0.2, 0.25) is 0 Å². The fraction of sp³-hybridized carbons (Fsp3) is 0.562. The van der Waals surface area contributed by atoms with E-state index in [1.807, 2.05) is 30.0 Å². The second kappa shape index (κ2) is 3.73. The maximum absolute atomic E-state index is 12.3. The molecule has 1 aromatic rings. The summed E-state index contributed by atoms with van der Waals surface area (Å²) < 4.78 is 12.1. The Morgan fingerprint density at radius 3 is 2.95 bits per heavy atom. The first-order chi connectivity index (χ1) is 9.77. The molecule has 1 spiro atoms.